The molecule has 1 aliphatic rings. The largest absolute Gasteiger partial charge is 0.326 e. The van der Waals surface area contributed by atoms with Gasteiger partial charge in [-0.25, -0.2) is 0 Å². The number of carbonyl (C=O) groups is 1. The summed E-state index contributed by atoms with van der Waals surface area (Å²) in [7, 11) is 0. The molecule has 1 heterocycles. The van der Waals surface area contributed by atoms with Gasteiger partial charge in [-0.05, 0) is 54.7 Å². The van der Waals surface area contributed by atoms with Gasteiger partial charge in [-0.2, -0.15) is 0 Å². The molecule has 3 rings (SSSR count). The van der Waals surface area contributed by atoms with Crippen LogP contribution in [-0.2, 0) is 13.0 Å². The van der Waals surface area contributed by atoms with Gasteiger partial charge >= 0.3 is 0 Å². The van der Waals surface area contributed by atoms with Crippen LogP contribution in [0.3, 0.4) is 0 Å². The Hall–Kier alpha value is -2.13. The molecule has 3 heteroatoms. The Labute approximate surface area is 125 Å². The lowest BCUT2D eigenvalue weighted by atomic mass is 9.99. The maximum atomic E-state index is 12.8. The van der Waals surface area contributed by atoms with Crippen LogP contribution in [0.4, 0.5) is 5.69 Å². The van der Waals surface area contributed by atoms with E-state index < -0.39 is 0 Å². The van der Waals surface area contributed by atoms with Crippen LogP contribution in [0.1, 0.15) is 33.5 Å². The Morgan fingerprint density at radius 1 is 1.19 bits per heavy atom. The topological polar surface area (TPSA) is 46.3 Å². The number of nitrogens with two attached hydrogens (primary N) is 1. The Morgan fingerprint density at radius 3 is 2.67 bits per heavy atom. The minimum Gasteiger partial charge on any atom is -0.326 e. The van der Waals surface area contributed by atoms with E-state index in [2.05, 4.69) is 25.1 Å². The van der Waals surface area contributed by atoms with E-state index in [0.29, 0.717) is 6.54 Å². The van der Waals surface area contributed by atoms with Gasteiger partial charge in [0, 0.05) is 24.3 Å². The summed E-state index contributed by atoms with van der Waals surface area (Å²) < 4.78 is 0. The SMILES string of the molecule is Cc1ccc2c(c1)N(C(=O)c1ccc(CN)cc1)CCC2. The molecule has 2 N–H and O–H groups in total. The molecule has 2 aromatic rings. The minimum atomic E-state index is 0.0742. The average Bonchev–Trinajstić information content (AvgIpc) is 2.53. The summed E-state index contributed by atoms with van der Waals surface area (Å²) in [4.78, 5) is 14.7. The summed E-state index contributed by atoms with van der Waals surface area (Å²) in [6.07, 6.45) is 2.06. The van der Waals surface area contributed by atoms with Crippen molar-refractivity contribution in [2.75, 3.05) is 11.4 Å². The summed E-state index contributed by atoms with van der Waals surface area (Å²) >= 11 is 0. The number of rotatable bonds is 2. The molecule has 108 valence electrons. The molecule has 0 unspecified atom stereocenters. The zero-order chi connectivity index (χ0) is 14.8. The number of aryl methyl sites for hydroxylation is 2. The van der Waals surface area contributed by atoms with Crippen molar-refractivity contribution in [3.8, 4) is 0 Å². The second-order valence-electron chi connectivity index (χ2n) is 5.59. The number of hydrogen-bond donors (Lipinski definition) is 1. The highest BCUT2D eigenvalue weighted by atomic mass is 16.2. The third-order valence-corrected chi connectivity index (χ3v) is 4.04. The van der Waals surface area contributed by atoms with Crippen molar-refractivity contribution in [2.45, 2.75) is 26.3 Å². The van der Waals surface area contributed by atoms with Crippen molar-refractivity contribution in [1.29, 1.82) is 0 Å². The van der Waals surface area contributed by atoms with Crippen LogP contribution in [0.15, 0.2) is 42.5 Å². The fraction of sp³-hybridized carbons (Fsp3) is 0.278. The predicted octanol–water partition coefficient (Wildman–Crippen LogP) is 3.05. The van der Waals surface area contributed by atoms with E-state index in [1.807, 2.05) is 29.2 Å². The standard InChI is InChI=1S/C18H20N2O/c1-13-4-7-15-3-2-10-20(17(15)11-13)18(21)16-8-5-14(12-19)6-9-16/h4-9,11H,2-3,10,12,19H2,1H3. The fourth-order valence-corrected chi connectivity index (χ4v) is 2.83. The van der Waals surface area contributed by atoms with Gasteiger partial charge in [-0.15, -0.1) is 0 Å². The molecule has 0 radical (unpaired) electrons. The molecular weight excluding hydrogens is 260 g/mol. The Kier molecular flexibility index (Phi) is 3.76. The predicted molar refractivity (Wildman–Crippen MR) is 85.5 cm³/mol. The van der Waals surface area contributed by atoms with E-state index >= 15 is 0 Å². The van der Waals surface area contributed by atoms with E-state index in [1.165, 1.54) is 11.1 Å². The first-order chi connectivity index (χ1) is 10.2. The van der Waals surface area contributed by atoms with Gasteiger partial charge in [-0.1, -0.05) is 24.3 Å². The van der Waals surface area contributed by atoms with Crippen LogP contribution in [0.5, 0.6) is 0 Å². The molecule has 1 amide bonds. The third-order valence-electron chi connectivity index (χ3n) is 4.04. The molecule has 0 aliphatic carbocycles. The maximum Gasteiger partial charge on any atom is 0.258 e. The molecular formula is C18H20N2O. The molecule has 2 aromatic carbocycles. The molecule has 0 saturated heterocycles. The van der Waals surface area contributed by atoms with Gasteiger partial charge in [0.1, 0.15) is 0 Å². The van der Waals surface area contributed by atoms with E-state index in [1.54, 1.807) is 0 Å². The van der Waals surface area contributed by atoms with Crippen molar-refractivity contribution < 1.29 is 4.79 Å². The number of nitrogens with zero attached hydrogens (tertiary/aromatic N) is 1. The lowest BCUT2D eigenvalue weighted by Gasteiger charge is -2.30. The quantitative estimate of drug-likeness (QED) is 0.919. The molecule has 0 bridgehead atoms. The van der Waals surface area contributed by atoms with Gasteiger partial charge in [0.2, 0.25) is 0 Å². The van der Waals surface area contributed by atoms with Crippen LogP contribution in [0.25, 0.3) is 0 Å². The highest BCUT2D eigenvalue weighted by molar-refractivity contribution is 6.06. The minimum absolute atomic E-state index is 0.0742. The van der Waals surface area contributed by atoms with Crippen LogP contribution >= 0.6 is 0 Å². The molecule has 1 aliphatic heterocycles. The normalized spacial score (nSPS) is 13.9. The highest BCUT2D eigenvalue weighted by Gasteiger charge is 2.23. The van der Waals surface area contributed by atoms with Crippen LogP contribution < -0.4 is 10.6 Å². The zero-order valence-corrected chi connectivity index (χ0v) is 12.3. The molecule has 0 spiro atoms. The monoisotopic (exact) mass is 280 g/mol. The molecule has 21 heavy (non-hydrogen) atoms. The second-order valence-corrected chi connectivity index (χ2v) is 5.59. The van der Waals surface area contributed by atoms with Gasteiger partial charge in [-0.3, -0.25) is 4.79 Å². The number of benzene rings is 2. The first-order valence-corrected chi connectivity index (χ1v) is 7.39. The van der Waals surface area contributed by atoms with Crippen LogP contribution in [0, 0.1) is 6.92 Å². The fourth-order valence-electron chi connectivity index (χ4n) is 2.83. The Morgan fingerprint density at radius 2 is 1.95 bits per heavy atom. The second kappa shape index (κ2) is 5.70. The number of fused-ring (bicyclic) bond motifs is 1. The van der Waals surface area contributed by atoms with Crippen molar-refractivity contribution in [2.24, 2.45) is 5.73 Å². The maximum absolute atomic E-state index is 12.8. The van der Waals surface area contributed by atoms with Gasteiger partial charge < -0.3 is 10.6 Å². The summed E-state index contributed by atoms with van der Waals surface area (Å²) in [6, 6.07) is 14.0. The smallest absolute Gasteiger partial charge is 0.258 e. The van der Waals surface area contributed by atoms with Crippen molar-refractivity contribution in [3.05, 3.63) is 64.7 Å². The number of carbonyl (C=O) groups excluding carboxylic acids is 1. The number of amides is 1. The van der Waals surface area contributed by atoms with E-state index in [4.69, 9.17) is 5.73 Å². The van der Waals surface area contributed by atoms with E-state index in [0.717, 1.165) is 36.2 Å². The summed E-state index contributed by atoms with van der Waals surface area (Å²) in [6.45, 7) is 3.35. The molecule has 3 nitrogen and oxygen atoms in total. The third kappa shape index (κ3) is 2.69. The molecule has 0 fully saturated rings. The zero-order valence-electron chi connectivity index (χ0n) is 12.3. The van der Waals surface area contributed by atoms with Crippen LogP contribution in [-0.4, -0.2) is 12.5 Å². The molecule has 0 aromatic heterocycles. The lowest BCUT2D eigenvalue weighted by molar-refractivity contribution is 0.0985. The molecule has 0 atom stereocenters. The van der Waals surface area contributed by atoms with Crippen LogP contribution in [0.2, 0.25) is 0 Å². The van der Waals surface area contributed by atoms with Crippen molar-refractivity contribution in [1.82, 2.24) is 0 Å². The Balaban J connectivity index is 1.93. The average molecular weight is 280 g/mol. The first-order valence-electron chi connectivity index (χ1n) is 7.39. The van der Waals surface area contributed by atoms with Gasteiger partial charge in [0.25, 0.3) is 5.91 Å². The number of anilines is 1. The lowest BCUT2D eigenvalue weighted by Crippen LogP contribution is -2.35. The summed E-state index contributed by atoms with van der Waals surface area (Å²) in [5.74, 6) is 0.0742. The van der Waals surface area contributed by atoms with Gasteiger partial charge in [0.15, 0.2) is 0 Å². The van der Waals surface area contributed by atoms with Gasteiger partial charge in [0.05, 0.1) is 0 Å². The van der Waals surface area contributed by atoms with E-state index in [-0.39, 0.29) is 5.91 Å². The van der Waals surface area contributed by atoms with Crippen molar-refractivity contribution in [3.63, 3.8) is 0 Å². The first kappa shape index (κ1) is 13.8. The van der Waals surface area contributed by atoms with Crippen molar-refractivity contribution >= 4 is 11.6 Å². The highest BCUT2D eigenvalue weighted by Crippen LogP contribution is 2.29. The van der Waals surface area contributed by atoms with E-state index in [9.17, 15) is 4.79 Å². The summed E-state index contributed by atoms with van der Waals surface area (Å²) in [5, 5.41) is 0. The number of hydrogen-bond acceptors (Lipinski definition) is 2. The summed E-state index contributed by atoms with van der Waals surface area (Å²) in [5.41, 5.74) is 10.9. The molecule has 0 saturated carbocycles. The Bertz CT molecular complexity index is 661.